The minimum absolute atomic E-state index is 0.00371. The molecule has 5 rings (SSSR count). The lowest BCUT2D eigenvalue weighted by molar-refractivity contribution is -0.142. The number of pyridine rings is 2. The molecule has 324 valence electrons. The minimum atomic E-state index is -0.979. The summed E-state index contributed by atoms with van der Waals surface area (Å²) in [4.78, 5) is 60.4. The summed E-state index contributed by atoms with van der Waals surface area (Å²) in [6.07, 6.45) is 5.23. The first kappa shape index (κ1) is 46.5. The van der Waals surface area contributed by atoms with Crippen molar-refractivity contribution in [2.45, 2.75) is 77.8 Å². The Morgan fingerprint density at radius 3 is 2.61 bits per heavy atom. The van der Waals surface area contributed by atoms with Crippen molar-refractivity contribution in [1.29, 1.82) is 0 Å². The lowest BCUT2D eigenvalue weighted by Gasteiger charge is -2.29. The highest BCUT2D eigenvalue weighted by Gasteiger charge is 2.31. The molecule has 14 nitrogen and oxygen atoms in total. The molecule has 1 aliphatic heterocycles. The number of carbonyl (C=O) groups is 3. The second-order valence-corrected chi connectivity index (χ2v) is 16.0. The Hall–Kier alpha value is -5.61. The Morgan fingerprint density at radius 2 is 1.97 bits per heavy atom. The highest BCUT2D eigenvalue weighted by molar-refractivity contribution is 6.42. The number of fused-ring (bicyclic) bond motifs is 1. The molecule has 0 aliphatic carbocycles. The van der Waals surface area contributed by atoms with Gasteiger partial charge in [-0.15, -0.1) is 0 Å². The largest absolute Gasteiger partial charge is 0.481 e. The number of hydrogen-bond acceptors (Lipinski definition) is 11. The highest BCUT2D eigenvalue weighted by Crippen LogP contribution is 2.40. The number of aliphatic hydroxyl groups is 1. The van der Waals surface area contributed by atoms with Gasteiger partial charge in [-0.1, -0.05) is 60.1 Å². The van der Waals surface area contributed by atoms with Gasteiger partial charge >= 0.3 is 12.1 Å². The van der Waals surface area contributed by atoms with Crippen LogP contribution in [0.5, 0.6) is 5.88 Å². The number of amides is 2. The molecule has 0 unspecified atom stereocenters. The van der Waals surface area contributed by atoms with Gasteiger partial charge in [-0.3, -0.25) is 18.8 Å². The maximum Gasteiger partial charge on any atom is 0.410 e. The zero-order valence-corrected chi connectivity index (χ0v) is 36.3. The van der Waals surface area contributed by atoms with Crippen LogP contribution < -0.4 is 20.9 Å². The Kier molecular flexibility index (Phi) is 15.5. The van der Waals surface area contributed by atoms with Gasteiger partial charge in [0.1, 0.15) is 17.1 Å². The van der Waals surface area contributed by atoms with Gasteiger partial charge in [0.15, 0.2) is 0 Å². The van der Waals surface area contributed by atoms with Crippen molar-refractivity contribution < 1.29 is 38.1 Å². The summed E-state index contributed by atoms with van der Waals surface area (Å²) in [5, 5.41) is 16.3. The van der Waals surface area contributed by atoms with E-state index in [9.17, 15) is 24.3 Å². The maximum atomic E-state index is 16.2. The zero-order chi connectivity index (χ0) is 44.6. The van der Waals surface area contributed by atoms with Crippen LogP contribution in [-0.4, -0.2) is 87.4 Å². The van der Waals surface area contributed by atoms with Crippen LogP contribution in [0, 0.1) is 5.82 Å². The van der Waals surface area contributed by atoms with Crippen LogP contribution in [-0.2, 0) is 32.2 Å². The van der Waals surface area contributed by atoms with Gasteiger partial charge in [-0.25, -0.2) is 19.2 Å². The molecule has 1 fully saturated rings. The van der Waals surface area contributed by atoms with Gasteiger partial charge in [0.25, 0.3) is 5.56 Å². The number of aliphatic hydroxyl groups excluding tert-OH is 1. The average Bonchev–Trinajstić information content (AvgIpc) is 3.63. The lowest BCUT2D eigenvalue weighted by atomic mass is 9.96. The number of halogens is 3. The number of nitrogens with zero attached hydrogens (tertiary/aromatic N) is 4. The topological polar surface area (TPSA) is 174 Å². The van der Waals surface area contributed by atoms with Crippen LogP contribution in [0.1, 0.15) is 69.3 Å². The summed E-state index contributed by atoms with van der Waals surface area (Å²) in [7, 11) is 2.58. The first-order valence-electron chi connectivity index (χ1n) is 19.4. The van der Waals surface area contributed by atoms with Crippen LogP contribution in [0.25, 0.3) is 27.9 Å². The predicted molar refractivity (Wildman–Crippen MR) is 231 cm³/mol. The molecule has 0 bridgehead atoms. The number of allylic oxidation sites excluding steroid dienone is 5. The number of hydrogen-bond donors (Lipinski definition) is 3. The Morgan fingerprint density at radius 1 is 1.21 bits per heavy atom. The fraction of sp³-hybridized carbons (Fsp3) is 0.364. The van der Waals surface area contributed by atoms with Crippen molar-refractivity contribution in [2.24, 2.45) is 0 Å². The van der Waals surface area contributed by atoms with Crippen LogP contribution in [0.4, 0.5) is 9.18 Å². The van der Waals surface area contributed by atoms with E-state index in [0.717, 1.165) is 0 Å². The quantitative estimate of drug-likeness (QED) is 0.0796. The standard InChI is InChI=1S/C44H49Cl2FN6O8/c1-8-29(32-12-10-11-31(40(32)46)25-15-16-53-36(17-25)49-21-26(42(53)57)20-48-22-28(54)18-38(56)59-6)39(45)30(9-2)35-19-34(47)33(41(51-35)60-7)24-52(43(58)61-44(3,4)5)23-27-13-14-37(55)50-27/h8-12,15-17,19,21,27-28,48,54H,1,13-14,18,20,22-24H2,2-7H3,(H,50,55)/b30-9-,39-29-/t27-,28-/m0/s1. The Balaban J connectivity index is 1.43. The van der Waals surface area contributed by atoms with Gasteiger partial charge in [0.2, 0.25) is 11.8 Å². The summed E-state index contributed by atoms with van der Waals surface area (Å²) in [6.45, 7) is 10.9. The third-order valence-corrected chi connectivity index (χ3v) is 10.5. The van der Waals surface area contributed by atoms with E-state index in [2.05, 4.69) is 31.9 Å². The molecule has 1 saturated heterocycles. The van der Waals surface area contributed by atoms with Gasteiger partial charge < -0.3 is 34.9 Å². The van der Waals surface area contributed by atoms with Crippen molar-refractivity contribution in [2.75, 3.05) is 27.3 Å². The van der Waals surface area contributed by atoms with E-state index in [-0.39, 0.29) is 72.3 Å². The first-order valence-corrected chi connectivity index (χ1v) is 20.2. The molecule has 1 aromatic carbocycles. The van der Waals surface area contributed by atoms with E-state index in [1.807, 2.05) is 0 Å². The van der Waals surface area contributed by atoms with Crippen LogP contribution in [0.3, 0.4) is 0 Å². The van der Waals surface area contributed by atoms with E-state index in [1.54, 1.807) is 70.3 Å². The normalized spacial score (nSPS) is 15.2. The number of esters is 1. The Bertz CT molecular complexity index is 2450. The number of ether oxygens (including phenoxy) is 3. The zero-order valence-electron chi connectivity index (χ0n) is 34.8. The summed E-state index contributed by atoms with van der Waals surface area (Å²) < 4.78 is 33.4. The molecule has 61 heavy (non-hydrogen) atoms. The van der Waals surface area contributed by atoms with Gasteiger partial charge in [-0.05, 0) is 51.8 Å². The molecule has 3 N–H and O–H groups in total. The van der Waals surface area contributed by atoms with Gasteiger partial charge in [0, 0.05) is 78.4 Å². The fourth-order valence-corrected chi connectivity index (χ4v) is 7.43. The third-order valence-electron chi connectivity index (χ3n) is 9.70. The lowest BCUT2D eigenvalue weighted by Crippen LogP contribution is -2.44. The van der Waals surface area contributed by atoms with E-state index in [4.69, 9.17) is 32.7 Å². The van der Waals surface area contributed by atoms with Crippen molar-refractivity contribution >= 4 is 58.0 Å². The first-order chi connectivity index (χ1) is 29.0. The maximum absolute atomic E-state index is 16.2. The molecule has 1 aliphatic rings. The second kappa shape index (κ2) is 20.3. The minimum Gasteiger partial charge on any atom is -0.481 e. The SMILES string of the molecule is C=C/C(=C(Cl)\C(=C/C)c1cc(F)c(CN(C[C@@H]2CCC(=O)N2)C(=O)OC(C)(C)C)c(OC)n1)c1cccc(-c2ccn3c(=O)c(CNC[C@@H](O)CC(=O)OC)cnc3c2)c1Cl. The van der Waals surface area contributed by atoms with Gasteiger partial charge in [0.05, 0.1) is 54.6 Å². The molecule has 0 saturated carbocycles. The Labute approximate surface area is 363 Å². The van der Waals surface area contributed by atoms with Crippen LogP contribution in [0.2, 0.25) is 5.02 Å². The number of aromatic nitrogens is 3. The molecule has 17 heteroatoms. The van der Waals surface area contributed by atoms with Crippen LogP contribution >= 0.6 is 23.2 Å². The predicted octanol–water partition coefficient (Wildman–Crippen LogP) is 6.83. The van der Waals surface area contributed by atoms with E-state index >= 15 is 4.39 Å². The second-order valence-electron chi connectivity index (χ2n) is 15.2. The molecular formula is C44H49Cl2FN6O8. The summed E-state index contributed by atoms with van der Waals surface area (Å²) in [5.74, 6) is -1.46. The smallest absolute Gasteiger partial charge is 0.410 e. The van der Waals surface area contributed by atoms with E-state index in [0.29, 0.717) is 56.9 Å². The van der Waals surface area contributed by atoms with E-state index in [1.165, 1.54) is 41.9 Å². The number of rotatable bonds is 16. The fourth-order valence-electron chi connectivity index (χ4n) is 6.71. The summed E-state index contributed by atoms with van der Waals surface area (Å²) in [5.41, 5.74) is 2.25. The summed E-state index contributed by atoms with van der Waals surface area (Å²) >= 11 is 14.2. The number of benzene rings is 1. The molecule has 2 amide bonds. The number of methoxy groups -OCH3 is 2. The monoisotopic (exact) mass is 878 g/mol. The van der Waals surface area contributed by atoms with Crippen molar-refractivity contribution in [3.63, 3.8) is 0 Å². The average molecular weight is 880 g/mol. The van der Waals surface area contributed by atoms with Crippen molar-refractivity contribution in [1.82, 2.24) is 29.9 Å². The number of nitrogens with one attached hydrogen (secondary N) is 2. The van der Waals surface area contributed by atoms with Gasteiger partial charge in [-0.2, -0.15) is 0 Å². The van der Waals surface area contributed by atoms with Crippen LogP contribution in [0.15, 0.2) is 77.3 Å². The number of carbonyl (C=O) groups excluding carboxylic acids is 3. The summed E-state index contributed by atoms with van der Waals surface area (Å²) in [6, 6.07) is 9.67. The molecule has 2 atom stereocenters. The van der Waals surface area contributed by atoms with E-state index < -0.39 is 29.6 Å². The van der Waals surface area contributed by atoms with Crippen molar-refractivity contribution in [3.05, 3.63) is 116 Å². The molecule has 3 aromatic heterocycles. The molecule has 0 radical (unpaired) electrons. The molecule has 4 heterocycles. The highest BCUT2D eigenvalue weighted by atomic mass is 35.5. The molecule has 4 aromatic rings. The molecule has 0 spiro atoms. The van der Waals surface area contributed by atoms with Crippen molar-refractivity contribution in [3.8, 4) is 17.0 Å². The molecular weight excluding hydrogens is 830 g/mol. The third kappa shape index (κ3) is 11.4.